The zero-order valence-electron chi connectivity index (χ0n) is 17.2. The fourth-order valence-corrected chi connectivity index (χ4v) is 4.07. The van der Waals surface area contributed by atoms with Crippen molar-refractivity contribution in [2.45, 2.75) is 38.1 Å². The van der Waals surface area contributed by atoms with Gasteiger partial charge >= 0.3 is 0 Å². The molecule has 1 fully saturated rings. The first-order valence-corrected chi connectivity index (χ1v) is 10.8. The Balaban J connectivity index is 1.69. The largest absolute Gasteiger partial charge is 0.497 e. The van der Waals surface area contributed by atoms with E-state index in [-0.39, 0.29) is 0 Å². The number of rotatable bonds is 4. The molecule has 0 radical (unpaired) electrons. The summed E-state index contributed by atoms with van der Waals surface area (Å²) in [6.07, 6.45) is 9.35. The second-order valence-corrected chi connectivity index (χ2v) is 8.01. The van der Waals surface area contributed by atoms with Gasteiger partial charge in [-0.1, -0.05) is 30.9 Å². The number of halogens is 1. The summed E-state index contributed by atoms with van der Waals surface area (Å²) in [5.74, 6) is 1.20. The lowest BCUT2D eigenvalue weighted by molar-refractivity contribution is 0.335. The molecule has 1 aliphatic rings. The van der Waals surface area contributed by atoms with Crippen molar-refractivity contribution in [3.05, 3.63) is 59.5 Å². The van der Waals surface area contributed by atoms with Crippen molar-refractivity contribution >= 4 is 28.3 Å². The maximum absolute atomic E-state index is 6.13. The zero-order chi connectivity index (χ0) is 21.2. The van der Waals surface area contributed by atoms with Gasteiger partial charge in [0.1, 0.15) is 16.3 Å². The highest BCUT2D eigenvalue weighted by atomic mass is 35.5. The van der Waals surface area contributed by atoms with E-state index in [1.165, 1.54) is 19.3 Å². The standard InChI is InChI=1S/C23H22ClN5O2/c1-30-18-10-8-16(9-11-18)27-23-19-14-26-29(17-5-3-2-4-6-17)21(19)28-22(31-23)15-7-12-20(24)25-13-15/h7-14,17H,2-6H2,1H3. The minimum absolute atomic E-state index is 0.339. The third-order valence-corrected chi connectivity index (χ3v) is 5.82. The highest BCUT2D eigenvalue weighted by Gasteiger charge is 2.21. The van der Waals surface area contributed by atoms with Gasteiger partial charge in [0.05, 0.1) is 30.6 Å². The van der Waals surface area contributed by atoms with Crippen LogP contribution in [-0.2, 0) is 0 Å². The molecule has 31 heavy (non-hydrogen) atoms. The van der Waals surface area contributed by atoms with Gasteiger partial charge < -0.3 is 9.15 Å². The molecule has 158 valence electrons. The molecular weight excluding hydrogens is 414 g/mol. The Morgan fingerprint density at radius 1 is 1.06 bits per heavy atom. The van der Waals surface area contributed by atoms with E-state index in [4.69, 9.17) is 30.7 Å². The Morgan fingerprint density at radius 2 is 1.87 bits per heavy atom. The van der Waals surface area contributed by atoms with Crippen molar-refractivity contribution < 1.29 is 9.15 Å². The van der Waals surface area contributed by atoms with Crippen LogP contribution in [0.4, 0.5) is 5.69 Å². The third-order valence-electron chi connectivity index (χ3n) is 5.60. The molecule has 7 nitrogen and oxygen atoms in total. The average Bonchev–Trinajstić information content (AvgIpc) is 3.25. The highest BCUT2D eigenvalue weighted by Crippen LogP contribution is 2.30. The molecular formula is C23H22ClN5O2. The van der Waals surface area contributed by atoms with Crippen molar-refractivity contribution in [2.75, 3.05) is 7.11 Å². The topological polar surface area (TPSA) is 78.3 Å². The molecule has 5 rings (SSSR count). The molecule has 0 unspecified atom stereocenters. The van der Waals surface area contributed by atoms with Crippen molar-refractivity contribution in [1.82, 2.24) is 19.7 Å². The van der Waals surface area contributed by atoms with Crippen molar-refractivity contribution in [1.29, 1.82) is 0 Å². The number of hydrogen-bond acceptors (Lipinski definition) is 6. The van der Waals surface area contributed by atoms with Crippen LogP contribution in [-0.4, -0.2) is 26.9 Å². The maximum Gasteiger partial charge on any atom is 0.234 e. The van der Waals surface area contributed by atoms with Crippen molar-refractivity contribution in [3.8, 4) is 17.2 Å². The summed E-state index contributed by atoms with van der Waals surface area (Å²) in [6.45, 7) is 0. The molecule has 0 spiro atoms. The summed E-state index contributed by atoms with van der Waals surface area (Å²) in [5, 5.41) is 5.88. The van der Waals surface area contributed by atoms with E-state index in [1.54, 1.807) is 25.6 Å². The number of hydrogen-bond donors (Lipinski definition) is 0. The summed E-state index contributed by atoms with van der Waals surface area (Å²) >= 11 is 5.96. The lowest BCUT2D eigenvalue weighted by Crippen LogP contribution is -2.15. The van der Waals surface area contributed by atoms with Gasteiger partial charge in [0.15, 0.2) is 5.65 Å². The fraction of sp³-hybridized carbons (Fsp3) is 0.304. The van der Waals surface area contributed by atoms with Crippen LogP contribution in [0.5, 0.6) is 5.75 Å². The van der Waals surface area contributed by atoms with Crippen LogP contribution in [0.15, 0.2) is 58.2 Å². The Morgan fingerprint density at radius 3 is 2.58 bits per heavy atom. The quantitative estimate of drug-likeness (QED) is 0.396. The summed E-state index contributed by atoms with van der Waals surface area (Å²) in [6, 6.07) is 11.4. The average molecular weight is 436 g/mol. The first-order chi connectivity index (χ1) is 15.2. The number of benzene rings is 1. The molecule has 8 heteroatoms. The molecule has 3 heterocycles. The molecule has 0 N–H and O–H groups in total. The molecule has 0 atom stereocenters. The monoisotopic (exact) mass is 435 g/mol. The third kappa shape index (κ3) is 4.05. The number of ether oxygens (including phenoxy) is 1. The number of nitrogens with zero attached hydrogens (tertiary/aromatic N) is 5. The van der Waals surface area contributed by atoms with E-state index in [9.17, 15) is 0 Å². The van der Waals surface area contributed by atoms with Gasteiger partial charge in [-0.15, -0.1) is 0 Å². The first-order valence-electron chi connectivity index (χ1n) is 10.4. The van der Waals surface area contributed by atoms with E-state index in [0.717, 1.165) is 40.9 Å². The van der Waals surface area contributed by atoms with Crippen LogP contribution in [0.25, 0.3) is 22.5 Å². The second kappa shape index (κ2) is 8.51. The lowest BCUT2D eigenvalue weighted by Gasteiger charge is -2.22. The molecule has 0 saturated heterocycles. The summed E-state index contributed by atoms with van der Waals surface area (Å²) < 4.78 is 13.4. The predicted molar refractivity (Wildman–Crippen MR) is 118 cm³/mol. The van der Waals surface area contributed by atoms with Crippen molar-refractivity contribution in [3.63, 3.8) is 0 Å². The van der Waals surface area contributed by atoms with E-state index < -0.39 is 0 Å². The summed E-state index contributed by atoms with van der Waals surface area (Å²) in [5.41, 5.74) is 2.72. The van der Waals surface area contributed by atoms with Gasteiger partial charge in [0.2, 0.25) is 11.4 Å². The molecule has 1 saturated carbocycles. The van der Waals surface area contributed by atoms with E-state index in [1.807, 2.05) is 35.0 Å². The van der Waals surface area contributed by atoms with E-state index >= 15 is 0 Å². The predicted octanol–water partition coefficient (Wildman–Crippen LogP) is 5.49. The van der Waals surface area contributed by atoms with Gasteiger partial charge in [-0.25, -0.2) is 14.7 Å². The Bertz CT molecular complexity index is 1260. The molecule has 0 bridgehead atoms. The van der Waals surface area contributed by atoms with E-state index in [2.05, 4.69) is 10.1 Å². The number of pyridine rings is 1. The number of fused-ring (bicyclic) bond motifs is 1. The fourth-order valence-electron chi connectivity index (χ4n) is 3.96. The van der Waals surface area contributed by atoms with Crippen LogP contribution < -0.4 is 10.3 Å². The molecule has 1 aromatic carbocycles. The SMILES string of the molecule is COc1ccc(N=c2oc(-c3ccc(Cl)nc3)nc3c2cnn3C2CCCCC2)cc1. The van der Waals surface area contributed by atoms with Gasteiger partial charge in [-0.2, -0.15) is 10.1 Å². The molecule has 1 aliphatic carbocycles. The molecule has 0 amide bonds. The smallest absolute Gasteiger partial charge is 0.234 e. The lowest BCUT2D eigenvalue weighted by atomic mass is 9.96. The first kappa shape index (κ1) is 19.8. The Kier molecular flexibility index (Phi) is 5.42. The van der Waals surface area contributed by atoms with Crippen LogP contribution >= 0.6 is 11.6 Å². The maximum atomic E-state index is 6.13. The summed E-state index contributed by atoms with van der Waals surface area (Å²) in [4.78, 5) is 13.7. The molecule has 4 aromatic rings. The van der Waals surface area contributed by atoms with Crippen LogP contribution in [0.1, 0.15) is 38.1 Å². The zero-order valence-corrected chi connectivity index (χ0v) is 17.9. The number of methoxy groups -OCH3 is 1. The van der Waals surface area contributed by atoms with Gasteiger partial charge in [0.25, 0.3) is 0 Å². The minimum Gasteiger partial charge on any atom is -0.497 e. The second-order valence-electron chi connectivity index (χ2n) is 7.62. The van der Waals surface area contributed by atoms with Gasteiger partial charge in [-0.05, 0) is 49.2 Å². The molecule has 3 aromatic heterocycles. The van der Waals surface area contributed by atoms with Gasteiger partial charge in [0, 0.05) is 6.20 Å². The Labute approximate surface area is 184 Å². The van der Waals surface area contributed by atoms with Gasteiger partial charge in [-0.3, -0.25) is 0 Å². The molecule has 0 aliphatic heterocycles. The van der Waals surface area contributed by atoms with E-state index in [0.29, 0.717) is 22.6 Å². The van der Waals surface area contributed by atoms with Crippen LogP contribution in [0.2, 0.25) is 5.15 Å². The normalized spacial score (nSPS) is 15.5. The van der Waals surface area contributed by atoms with Crippen molar-refractivity contribution in [2.24, 2.45) is 4.99 Å². The van der Waals surface area contributed by atoms with Crippen LogP contribution in [0, 0.1) is 0 Å². The highest BCUT2D eigenvalue weighted by molar-refractivity contribution is 6.29. The van der Waals surface area contributed by atoms with Crippen LogP contribution in [0.3, 0.4) is 0 Å². The minimum atomic E-state index is 0.339. The Hall–Kier alpha value is -3.19. The number of aromatic nitrogens is 4. The summed E-state index contributed by atoms with van der Waals surface area (Å²) in [7, 11) is 1.64.